The van der Waals surface area contributed by atoms with E-state index < -0.39 is 10.0 Å². The highest BCUT2D eigenvalue weighted by molar-refractivity contribution is 7.89. The van der Waals surface area contributed by atoms with Gasteiger partial charge < -0.3 is 5.32 Å². The van der Waals surface area contributed by atoms with Crippen LogP contribution in [0, 0.1) is 12.8 Å². The lowest BCUT2D eigenvalue weighted by Crippen LogP contribution is -2.40. The van der Waals surface area contributed by atoms with Crippen molar-refractivity contribution in [1.82, 2.24) is 9.62 Å². The fraction of sp³-hybridized carbons (Fsp3) is 0.571. The first-order chi connectivity index (χ1) is 9.45. The van der Waals surface area contributed by atoms with Gasteiger partial charge in [0.25, 0.3) is 0 Å². The van der Waals surface area contributed by atoms with Crippen LogP contribution in [0.15, 0.2) is 23.1 Å². The number of piperidine rings is 1. The monoisotopic (exact) mass is 316 g/mol. The van der Waals surface area contributed by atoms with E-state index in [4.69, 9.17) is 11.6 Å². The zero-order valence-corrected chi connectivity index (χ0v) is 13.5. The Morgan fingerprint density at radius 2 is 2.00 bits per heavy atom. The Hall–Kier alpha value is -0.620. The summed E-state index contributed by atoms with van der Waals surface area (Å²) in [6, 6.07) is 4.94. The van der Waals surface area contributed by atoms with Crippen molar-refractivity contribution in [2.45, 2.75) is 24.7 Å². The topological polar surface area (TPSA) is 49.4 Å². The molecule has 0 spiro atoms. The van der Waals surface area contributed by atoms with Crippen LogP contribution in [0.2, 0.25) is 5.02 Å². The molecule has 1 aromatic rings. The summed E-state index contributed by atoms with van der Waals surface area (Å²) in [5.41, 5.74) is 0.887. The van der Waals surface area contributed by atoms with Crippen molar-refractivity contribution in [3.63, 3.8) is 0 Å². The minimum Gasteiger partial charge on any atom is -0.319 e. The van der Waals surface area contributed by atoms with Gasteiger partial charge in [0.15, 0.2) is 0 Å². The number of aryl methyl sites for hydroxylation is 1. The van der Waals surface area contributed by atoms with Crippen molar-refractivity contribution >= 4 is 21.6 Å². The van der Waals surface area contributed by atoms with Gasteiger partial charge in [0.2, 0.25) is 10.0 Å². The second kappa shape index (κ2) is 6.43. The van der Waals surface area contributed by atoms with E-state index in [-0.39, 0.29) is 0 Å². The molecule has 1 aliphatic heterocycles. The van der Waals surface area contributed by atoms with Gasteiger partial charge in [0, 0.05) is 18.1 Å². The number of nitrogens with one attached hydrogen (secondary N) is 1. The molecular weight excluding hydrogens is 296 g/mol. The summed E-state index contributed by atoms with van der Waals surface area (Å²) in [6.45, 7) is 3.98. The molecule has 1 aliphatic rings. The maximum absolute atomic E-state index is 12.6. The molecule has 2 rings (SSSR count). The summed E-state index contributed by atoms with van der Waals surface area (Å²) in [5, 5.41) is 3.65. The minimum atomic E-state index is -3.41. The van der Waals surface area contributed by atoms with Crippen LogP contribution < -0.4 is 5.32 Å². The highest BCUT2D eigenvalue weighted by Gasteiger charge is 2.29. The number of benzene rings is 1. The molecule has 112 valence electrons. The zero-order chi connectivity index (χ0) is 14.8. The van der Waals surface area contributed by atoms with Gasteiger partial charge in [-0.2, -0.15) is 4.31 Å². The summed E-state index contributed by atoms with van der Waals surface area (Å²) >= 11 is 6.03. The Kier molecular flexibility index (Phi) is 5.07. The second-order valence-electron chi connectivity index (χ2n) is 5.32. The molecule has 0 bridgehead atoms. The fourth-order valence-electron chi connectivity index (χ4n) is 2.53. The van der Waals surface area contributed by atoms with Crippen LogP contribution in [0.3, 0.4) is 0 Å². The highest BCUT2D eigenvalue weighted by atomic mass is 35.5. The van der Waals surface area contributed by atoms with Crippen LogP contribution >= 0.6 is 11.6 Å². The second-order valence-corrected chi connectivity index (χ2v) is 7.66. The van der Waals surface area contributed by atoms with Crippen molar-refractivity contribution in [1.29, 1.82) is 0 Å². The average molecular weight is 317 g/mol. The van der Waals surface area contributed by atoms with Crippen molar-refractivity contribution in [3.8, 4) is 0 Å². The molecule has 0 aromatic heterocycles. The molecule has 0 saturated carbocycles. The third-order valence-corrected chi connectivity index (χ3v) is 6.15. The smallest absolute Gasteiger partial charge is 0.243 e. The van der Waals surface area contributed by atoms with Crippen molar-refractivity contribution < 1.29 is 8.42 Å². The van der Waals surface area contributed by atoms with E-state index in [0.29, 0.717) is 28.9 Å². The number of sulfonamides is 1. The SMILES string of the molecule is CNCC1CCN(S(=O)(=O)c2ccc(C)c(Cl)c2)CC1. The molecule has 6 heteroatoms. The molecule has 0 unspecified atom stereocenters. The fourth-order valence-corrected chi connectivity index (χ4v) is 4.27. The summed E-state index contributed by atoms with van der Waals surface area (Å²) in [4.78, 5) is 0.292. The average Bonchev–Trinajstić information content (AvgIpc) is 2.43. The molecule has 1 saturated heterocycles. The molecule has 0 amide bonds. The number of hydrogen-bond acceptors (Lipinski definition) is 3. The van der Waals surface area contributed by atoms with Crippen molar-refractivity contribution in [3.05, 3.63) is 28.8 Å². The number of halogens is 1. The van der Waals surface area contributed by atoms with E-state index in [2.05, 4.69) is 5.32 Å². The first-order valence-electron chi connectivity index (χ1n) is 6.86. The zero-order valence-electron chi connectivity index (χ0n) is 11.9. The maximum Gasteiger partial charge on any atom is 0.243 e. The summed E-state index contributed by atoms with van der Waals surface area (Å²) < 4.78 is 26.7. The van der Waals surface area contributed by atoms with Gasteiger partial charge in [0.1, 0.15) is 0 Å². The Morgan fingerprint density at radius 3 is 2.55 bits per heavy atom. The molecule has 1 fully saturated rings. The van der Waals surface area contributed by atoms with Crippen LogP contribution in [0.5, 0.6) is 0 Å². The van der Waals surface area contributed by atoms with E-state index in [0.717, 1.165) is 24.9 Å². The van der Waals surface area contributed by atoms with Crippen LogP contribution in [0.1, 0.15) is 18.4 Å². The van der Waals surface area contributed by atoms with Gasteiger partial charge in [-0.05, 0) is 57.0 Å². The van der Waals surface area contributed by atoms with E-state index >= 15 is 0 Å². The predicted molar refractivity (Wildman–Crippen MR) is 81.6 cm³/mol. The minimum absolute atomic E-state index is 0.292. The van der Waals surface area contributed by atoms with Crippen molar-refractivity contribution in [2.75, 3.05) is 26.7 Å². The standard InChI is InChI=1S/C14H21ClN2O2S/c1-11-3-4-13(9-14(11)15)20(18,19)17-7-5-12(6-8-17)10-16-2/h3-4,9,12,16H,5-8,10H2,1-2H3. The van der Waals surface area contributed by atoms with Crippen LogP contribution in [-0.2, 0) is 10.0 Å². The van der Waals surface area contributed by atoms with Gasteiger partial charge in [-0.1, -0.05) is 17.7 Å². The molecule has 20 heavy (non-hydrogen) atoms. The van der Waals surface area contributed by atoms with Crippen LogP contribution in [0.25, 0.3) is 0 Å². The van der Waals surface area contributed by atoms with Crippen molar-refractivity contribution in [2.24, 2.45) is 5.92 Å². The molecule has 1 N–H and O–H groups in total. The van der Waals surface area contributed by atoms with Gasteiger partial charge in [-0.3, -0.25) is 0 Å². The van der Waals surface area contributed by atoms with Gasteiger partial charge in [-0.15, -0.1) is 0 Å². The molecule has 0 radical (unpaired) electrons. The Bertz CT molecular complexity index is 567. The lowest BCUT2D eigenvalue weighted by molar-refractivity contribution is 0.270. The Morgan fingerprint density at radius 1 is 1.35 bits per heavy atom. The Labute approximate surface area is 126 Å². The number of nitrogens with zero attached hydrogens (tertiary/aromatic N) is 1. The van der Waals surface area contributed by atoms with E-state index in [1.807, 2.05) is 14.0 Å². The summed E-state index contributed by atoms with van der Waals surface area (Å²) in [6.07, 6.45) is 1.80. The highest BCUT2D eigenvalue weighted by Crippen LogP contribution is 2.26. The third kappa shape index (κ3) is 3.34. The quantitative estimate of drug-likeness (QED) is 0.927. The molecule has 0 aliphatic carbocycles. The Balaban J connectivity index is 2.13. The molecule has 4 nitrogen and oxygen atoms in total. The summed E-state index contributed by atoms with van der Waals surface area (Å²) in [5.74, 6) is 0.563. The summed E-state index contributed by atoms with van der Waals surface area (Å²) in [7, 11) is -1.48. The number of hydrogen-bond donors (Lipinski definition) is 1. The molecular formula is C14H21ClN2O2S. The first-order valence-corrected chi connectivity index (χ1v) is 8.68. The normalized spacial score (nSPS) is 18.4. The first kappa shape index (κ1) is 15.8. The molecule has 1 heterocycles. The number of rotatable bonds is 4. The van der Waals surface area contributed by atoms with Gasteiger partial charge >= 0.3 is 0 Å². The van der Waals surface area contributed by atoms with E-state index in [1.54, 1.807) is 22.5 Å². The largest absolute Gasteiger partial charge is 0.319 e. The van der Waals surface area contributed by atoms with Crippen LogP contribution in [-0.4, -0.2) is 39.4 Å². The lowest BCUT2D eigenvalue weighted by Gasteiger charge is -2.31. The van der Waals surface area contributed by atoms with Gasteiger partial charge in [-0.25, -0.2) is 8.42 Å². The maximum atomic E-state index is 12.6. The van der Waals surface area contributed by atoms with E-state index in [9.17, 15) is 8.42 Å². The third-order valence-electron chi connectivity index (χ3n) is 3.85. The lowest BCUT2D eigenvalue weighted by atomic mass is 9.98. The van der Waals surface area contributed by atoms with Crippen LogP contribution in [0.4, 0.5) is 0 Å². The van der Waals surface area contributed by atoms with Gasteiger partial charge in [0.05, 0.1) is 4.90 Å². The molecule has 0 atom stereocenters. The van der Waals surface area contributed by atoms with E-state index in [1.165, 1.54) is 0 Å². The molecule has 1 aromatic carbocycles. The predicted octanol–water partition coefficient (Wildman–Crippen LogP) is 2.27.